The first-order valence-electron chi connectivity index (χ1n) is 7.48. The van der Waals surface area contributed by atoms with E-state index in [2.05, 4.69) is 39.3 Å². The van der Waals surface area contributed by atoms with Gasteiger partial charge in [-0.25, -0.2) is 9.97 Å². The second kappa shape index (κ2) is 6.34. The summed E-state index contributed by atoms with van der Waals surface area (Å²) in [4.78, 5) is 8.78. The highest BCUT2D eigenvalue weighted by Crippen LogP contribution is 2.28. The summed E-state index contributed by atoms with van der Waals surface area (Å²) >= 11 is 7.71. The maximum absolute atomic E-state index is 7.57. The number of aromatic nitrogens is 4. The fourth-order valence-corrected chi connectivity index (χ4v) is 3.76. The van der Waals surface area contributed by atoms with Gasteiger partial charge in [-0.1, -0.05) is 65.8 Å². The van der Waals surface area contributed by atoms with Crippen molar-refractivity contribution in [3.63, 3.8) is 0 Å². The zero-order valence-corrected chi connectivity index (χ0v) is 14.6. The molecule has 0 aliphatic rings. The lowest BCUT2D eigenvalue weighted by Gasteiger charge is -2.06. The highest BCUT2D eigenvalue weighted by Gasteiger charge is 2.13. The van der Waals surface area contributed by atoms with Crippen molar-refractivity contribution in [1.82, 2.24) is 19.7 Å². The number of nitrogens with zero attached hydrogens (tertiary/aromatic N) is 4. The molecule has 6 nitrogen and oxygen atoms in total. The molecule has 4 aromatic rings. The molecule has 2 aromatic heterocycles. The van der Waals surface area contributed by atoms with Crippen molar-refractivity contribution in [3.05, 3.63) is 59.4 Å². The van der Waals surface area contributed by atoms with Crippen molar-refractivity contribution in [2.24, 2.45) is 5.73 Å². The summed E-state index contributed by atoms with van der Waals surface area (Å²) in [5.74, 6) is 0.493. The molecule has 0 atom stereocenters. The summed E-state index contributed by atoms with van der Waals surface area (Å²) in [7, 11) is 0. The SMILES string of the molecule is N=C(N)n1ncc2c(Cl)nc(SCc3cccc4ccccc34)nc21. The van der Waals surface area contributed by atoms with Crippen LogP contribution in [0.4, 0.5) is 0 Å². The van der Waals surface area contributed by atoms with Gasteiger partial charge < -0.3 is 5.73 Å². The van der Waals surface area contributed by atoms with Crippen LogP contribution in [0.15, 0.2) is 53.8 Å². The molecule has 0 aliphatic carbocycles. The smallest absolute Gasteiger partial charge is 0.215 e. The summed E-state index contributed by atoms with van der Waals surface area (Å²) in [6.07, 6.45) is 1.51. The number of thioether (sulfide) groups is 1. The molecule has 0 radical (unpaired) electrons. The third kappa shape index (κ3) is 2.92. The van der Waals surface area contributed by atoms with Crippen LogP contribution in [0.5, 0.6) is 0 Å². The van der Waals surface area contributed by atoms with Gasteiger partial charge in [-0.15, -0.1) is 0 Å². The average molecular weight is 369 g/mol. The van der Waals surface area contributed by atoms with Crippen LogP contribution >= 0.6 is 23.4 Å². The van der Waals surface area contributed by atoms with E-state index in [-0.39, 0.29) is 5.96 Å². The van der Waals surface area contributed by atoms with Gasteiger partial charge in [-0.2, -0.15) is 9.78 Å². The van der Waals surface area contributed by atoms with E-state index in [1.165, 1.54) is 39.0 Å². The van der Waals surface area contributed by atoms with Gasteiger partial charge in [0, 0.05) is 5.75 Å². The maximum atomic E-state index is 7.57. The molecule has 124 valence electrons. The minimum atomic E-state index is -0.213. The molecule has 8 heteroatoms. The van der Waals surface area contributed by atoms with E-state index < -0.39 is 0 Å². The van der Waals surface area contributed by atoms with Crippen molar-refractivity contribution in [1.29, 1.82) is 5.41 Å². The second-order valence-electron chi connectivity index (χ2n) is 5.40. The molecule has 4 rings (SSSR count). The molecule has 0 saturated heterocycles. The van der Waals surface area contributed by atoms with Crippen LogP contribution < -0.4 is 5.73 Å². The monoisotopic (exact) mass is 368 g/mol. The van der Waals surface area contributed by atoms with E-state index in [4.69, 9.17) is 22.7 Å². The van der Waals surface area contributed by atoms with E-state index in [1.807, 2.05) is 18.2 Å². The number of rotatable bonds is 3. The molecule has 2 heterocycles. The van der Waals surface area contributed by atoms with Crippen molar-refractivity contribution in [3.8, 4) is 0 Å². The summed E-state index contributed by atoms with van der Waals surface area (Å²) in [6, 6.07) is 14.5. The zero-order chi connectivity index (χ0) is 17.4. The van der Waals surface area contributed by atoms with Crippen LogP contribution in [0.3, 0.4) is 0 Å². The first-order valence-corrected chi connectivity index (χ1v) is 8.85. The van der Waals surface area contributed by atoms with Gasteiger partial charge in [0.15, 0.2) is 10.8 Å². The van der Waals surface area contributed by atoms with Gasteiger partial charge in [0.25, 0.3) is 0 Å². The summed E-state index contributed by atoms with van der Waals surface area (Å²) < 4.78 is 1.24. The normalized spacial score (nSPS) is 11.2. The maximum Gasteiger partial charge on any atom is 0.215 e. The molecule has 0 spiro atoms. The fraction of sp³-hybridized carbons (Fsp3) is 0.0588. The Bertz CT molecular complexity index is 1100. The third-order valence-corrected chi connectivity index (χ3v) is 5.01. The molecule has 2 aromatic carbocycles. The van der Waals surface area contributed by atoms with Gasteiger partial charge in [0.1, 0.15) is 5.15 Å². The zero-order valence-electron chi connectivity index (χ0n) is 13.0. The van der Waals surface area contributed by atoms with Gasteiger partial charge >= 0.3 is 0 Å². The summed E-state index contributed by atoms with van der Waals surface area (Å²) in [6.45, 7) is 0. The van der Waals surface area contributed by atoms with Crippen molar-refractivity contribution in [2.75, 3.05) is 0 Å². The van der Waals surface area contributed by atoms with Crippen LogP contribution in [0.25, 0.3) is 21.8 Å². The number of nitrogens with one attached hydrogen (secondary N) is 1. The molecule has 25 heavy (non-hydrogen) atoms. The molecule has 3 N–H and O–H groups in total. The number of benzene rings is 2. The highest BCUT2D eigenvalue weighted by molar-refractivity contribution is 7.98. The van der Waals surface area contributed by atoms with E-state index in [0.29, 0.717) is 27.1 Å². The van der Waals surface area contributed by atoms with E-state index in [1.54, 1.807) is 0 Å². The lowest BCUT2D eigenvalue weighted by molar-refractivity contribution is 0.901. The topological polar surface area (TPSA) is 93.5 Å². The van der Waals surface area contributed by atoms with E-state index in [0.717, 1.165) is 0 Å². The quantitative estimate of drug-likeness (QED) is 0.189. The minimum Gasteiger partial charge on any atom is -0.368 e. The number of nitrogen functional groups attached to an aromatic ring is 1. The minimum absolute atomic E-state index is 0.213. The Morgan fingerprint density at radius 2 is 1.92 bits per heavy atom. The standard InChI is InChI=1S/C17H13ClN6S/c18-14-13-8-21-24(16(19)20)15(13)23-17(22-14)25-9-11-6-3-5-10-4-1-2-7-12(10)11/h1-8H,9H2,(H3,19,20). The fourth-order valence-electron chi connectivity index (χ4n) is 2.66. The first-order chi connectivity index (χ1) is 12.1. The molecule has 0 aliphatic heterocycles. The molecular formula is C17H13ClN6S. The Kier molecular flexibility index (Phi) is 4.03. The predicted octanol–water partition coefficient (Wildman–Crippen LogP) is 3.67. The van der Waals surface area contributed by atoms with E-state index >= 15 is 0 Å². The van der Waals surface area contributed by atoms with Gasteiger partial charge in [-0.3, -0.25) is 5.41 Å². The second-order valence-corrected chi connectivity index (χ2v) is 6.70. The van der Waals surface area contributed by atoms with Gasteiger partial charge in [-0.05, 0) is 16.3 Å². The third-order valence-electron chi connectivity index (χ3n) is 3.83. The van der Waals surface area contributed by atoms with E-state index in [9.17, 15) is 0 Å². The molecule has 0 amide bonds. The Morgan fingerprint density at radius 1 is 1.12 bits per heavy atom. The summed E-state index contributed by atoms with van der Waals surface area (Å²) in [5, 5.41) is 15.4. The predicted molar refractivity (Wildman–Crippen MR) is 101 cm³/mol. The number of hydrogen-bond donors (Lipinski definition) is 2. The Morgan fingerprint density at radius 3 is 2.76 bits per heavy atom. The lowest BCUT2D eigenvalue weighted by Crippen LogP contribution is -2.22. The van der Waals surface area contributed by atoms with Crippen LogP contribution in [-0.2, 0) is 5.75 Å². The molecular weight excluding hydrogens is 356 g/mol. The Balaban J connectivity index is 1.69. The summed E-state index contributed by atoms with van der Waals surface area (Å²) in [5.41, 5.74) is 7.16. The van der Waals surface area contributed by atoms with Crippen molar-refractivity contribution in [2.45, 2.75) is 10.9 Å². The largest absolute Gasteiger partial charge is 0.368 e. The number of halogens is 1. The molecule has 0 saturated carbocycles. The Labute approximate surface area is 152 Å². The van der Waals surface area contributed by atoms with Crippen LogP contribution in [0, 0.1) is 5.41 Å². The number of nitrogens with two attached hydrogens (primary N) is 1. The van der Waals surface area contributed by atoms with Crippen LogP contribution in [-0.4, -0.2) is 25.7 Å². The van der Waals surface area contributed by atoms with Gasteiger partial charge in [0.2, 0.25) is 5.96 Å². The highest BCUT2D eigenvalue weighted by atomic mass is 35.5. The number of hydrogen-bond acceptors (Lipinski definition) is 5. The first kappa shape index (κ1) is 15.9. The average Bonchev–Trinajstić information content (AvgIpc) is 3.04. The molecule has 0 bridgehead atoms. The van der Waals surface area contributed by atoms with Crippen molar-refractivity contribution < 1.29 is 0 Å². The van der Waals surface area contributed by atoms with Crippen LogP contribution in [0.2, 0.25) is 5.15 Å². The Hall–Kier alpha value is -2.64. The molecule has 0 unspecified atom stereocenters. The van der Waals surface area contributed by atoms with Gasteiger partial charge in [0.05, 0.1) is 11.6 Å². The lowest BCUT2D eigenvalue weighted by atomic mass is 10.1. The van der Waals surface area contributed by atoms with Crippen LogP contribution in [0.1, 0.15) is 5.56 Å². The number of fused-ring (bicyclic) bond motifs is 2. The van der Waals surface area contributed by atoms with Crippen molar-refractivity contribution >= 4 is 51.1 Å². The molecule has 0 fully saturated rings.